The van der Waals surface area contributed by atoms with Gasteiger partial charge in [0.05, 0.1) is 0 Å². The largest absolute Gasteiger partial charge is 0.368 e. The fraction of sp³-hybridized carbons (Fsp3) is 0.600. The summed E-state index contributed by atoms with van der Waals surface area (Å²) in [5.41, 5.74) is 8.05. The number of hydrogen-bond acceptors (Lipinski definition) is 6. The van der Waals surface area contributed by atoms with Gasteiger partial charge in [0.1, 0.15) is 11.6 Å². The molecule has 0 unspecified atom stereocenters. The predicted molar refractivity (Wildman–Crippen MR) is 67.0 cm³/mol. The Balaban J connectivity index is 2.74. The summed E-state index contributed by atoms with van der Waals surface area (Å²) in [5.74, 6) is 7.49. The van der Waals surface area contributed by atoms with Gasteiger partial charge in [-0.2, -0.15) is 9.97 Å². The van der Waals surface area contributed by atoms with E-state index >= 15 is 0 Å². The van der Waals surface area contributed by atoms with Crippen LogP contribution in [0.4, 0.5) is 17.6 Å². The van der Waals surface area contributed by atoms with E-state index in [1.54, 1.807) is 6.07 Å². The normalized spacial score (nSPS) is 10.6. The highest BCUT2D eigenvalue weighted by atomic mass is 15.3. The molecule has 6 nitrogen and oxygen atoms in total. The fourth-order valence-electron chi connectivity index (χ4n) is 1.29. The Morgan fingerprint density at radius 2 is 2.12 bits per heavy atom. The Morgan fingerprint density at radius 3 is 2.69 bits per heavy atom. The van der Waals surface area contributed by atoms with Crippen molar-refractivity contribution in [2.24, 2.45) is 11.8 Å². The van der Waals surface area contributed by atoms with E-state index in [1.165, 1.54) is 0 Å². The van der Waals surface area contributed by atoms with Crippen LogP contribution in [0, 0.1) is 5.92 Å². The Morgan fingerprint density at radius 1 is 1.44 bits per heavy atom. The highest BCUT2D eigenvalue weighted by Crippen LogP contribution is 2.16. The third-order valence-electron chi connectivity index (χ3n) is 2.31. The molecule has 0 amide bonds. The maximum Gasteiger partial charge on any atom is 0.223 e. The smallest absolute Gasteiger partial charge is 0.223 e. The number of nitrogen functional groups attached to an aromatic ring is 2. The highest BCUT2D eigenvalue weighted by molar-refractivity contribution is 5.51. The molecule has 6 heteroatoms. The molecule has 1 rings (SSSR count). The summed E-state index contributed by atoms with van der Waals surface area (Å²) in [6.07, 6.45) is 1.10. The monoisotopic (exact) mass is 224 g/mol. The van der Waals surface area contributed by atoms with Crippen LogP contribution in [0.2, 0.25) is 0 Å². The summed E-state index contributed by atoms with van der Waals surface area (Å²) >= 11 is 0. The number of nitrogens with two attached hydrogens (primary N) is 2. The summed E-state index contributed by atoms with van der Waals surface area (Å²) in [7, 11) is 1.98. The minimum absolute atomic E-state index is 0.224. The van der Waals surface area contributed by atoms with Crippen molar-refractivity contribution in [1.82, 2.24) is 9.97 Å². The van der Waals surface area contributed by atoms with E-state index in [9.17, 15) is 0 Å². The lowest BCUT2D eigenvalue weighted by Gasteiger charge is -2.19. The first-order valence-electron chi connectivity index (χ1n) is 5.35. The number of nitrogens with zero attached hydrogens (tertiary/aromatic N) is 3. The molecule has 1 heterocycles. The van der Waals surface area contributed by atoms with E-state index in [2.05, 4.69) is 29.2 Å². The average Bonchev–Trinajstić information content (AvgIpc) is 2.24. The number of rotatable bonds is 5. The first-order valence-corrected chi connectivity index (χ1v) is 5.35. The summed E-state index contributed by atoms with van der Waals surface area (Å²) in [5, 5.41) is 0. The molecule has 1 aromatic heterocycles. The Bertz CT molecular complexity index is 338. The molecule has 90 valence electrons. The molecule has 0 aromatic carbocycles. The van der Waals surface area contributed by atoms with Crippen LogP contribution in [-0.2, 0) is 0 Å². The average molecular weight is 224 g/mol. The summed E-state index contributed by atoms with van der Waals surface area (Å²) in [4.78, 5) is 10.1. The minimum atomic E-state index is 0.224. The maximum atomic E-state index is 5.58. The fourth-order valence-corrected chi connectivity index (χ4v) is 1.29. The molecule has 5 N–H and O–H groups in total. The van der Waals surface area contributed by atoms with Gasteiger partial charge in [0.15, 0.2) is 0 Å². The quantitative estimate of drug-likeness (QED) is 0.506. The zero-order chi connectivity index (χ0) is 12.1. The number of aromatic nitrogens is 2. The molecule has 0 radical (unpaired) electrons. The van der Waals surface area contributed by atoms with Crippen LogP contribution in [0.25, 0.3) is 0 Å². The van der Waals surface area contributed by atoms with Gasteiger partial charge in [-0.25, -0.2) is 5.84 Å². The molecule has 0 spiro atoms. The summed E-state index contributed by atoms with van der Waals surface area (Å²) in [6, 6.07) is 1.77. The van der Waals surface area contributed by atoms with Gasteiger partial charge < -0.3 is 16.1 Å². The second-order valence-electron chi connectivity index (χ2n) is 4.22. The van der Waals surface area contributed by atoms with E-state index < -0.39 is 0 Å². The second kappa shape index (κ2) is 5.50. The van der Waals surface area contributed by atoms with Gasteiger partial charge >= 0.3 is 0 Å². The van der Waals surface area contributed by atoms with Crippen molar-refractivity contribution in [2.45, 2.75) is 20.3 Å². The molecule has 0 saturated heterocycles. The molecule has 0 aliphatic carbocycles. The number of anilines is 3. The topological polar surface area (TPSA) is 93.1 Å². The Labute approximate surface area is 96.0 Å². The van der Waals surface area contributed by atoms with Crippen molar-refractivity contribution in [1.29, 1.82) is 0 Å². The molecule has 16 heavy (non-hydrogen) atoms. The van der Waals surface area contributed by atoms with E-state index in [1.807, 2.05) is 11.9 Å². The number of hydrazine groups is 1. The summed E-state index contributed by atoms with van der Waals surface area (Å²) < 4.78 is 0. The van der Waals surface area contributed by atoms with Crippen LogP contribution >= 0.6 is 0 Å². The van der Waals surface area contributed by atoms with Gasteiger partial charge in [0.2, 0.25) is 5.95 Å². The van der Waals surface area contributed by atoms with Gasteiger partial charge in [0, 0.05) is 19.7 Å². The lowest BCUT2D eigenvalue weighted by molar-refractivity contribution is 0.583. The highest BCUT2D eigenvalue weighted by Gasteiger charge is 2.07. The van der Waals surface area contributed by atoms with Gasteiger partial charge in [-0.3, -0.25) is 0 Å². The van der Waals surface area contributed by atoms with Crippen LogP contribution in [0.5, 0.6) is 0 Å². The van der Waals surface area contributed by atoms with Gasteiger partial charge in [-0.1, -0.05) is 13.8 Å². The van der Waals surface area contributed by atoms with E-state index in [4.69, 9.17) is 11.6 Å². The third-order valence-corrected chi connectivity index (χ3v) is 2.31. The van der Waals surface area contributed by atoms with Crippen LogP contribution in [0.1, 0.15) is 20.3 Å². The molecule has 0 fully saturated rings. The first-order chi connectivity index (χ1) is 7.52. The van der Waals surface area contributed by atoms with E-state index in [-0.39, 0.29) is 5.95 Å². The molecule has 0 bridgehead atoms. The van der Waals surface area contributed by atoms with E-state index in [0.29, 0.717) is 11.7 Å². The zero-order valence-electron chi connectivity index (χ0n) is 10.1. The third kappa shape index (κ3) is 3.54. The van der Waals surface area contributed by atoms with Crippen LogP contribution in [0.3, 0.4) is 0 Å². The van der Waals surface area contributed by atoms with Crippen molar-refractivity contribution >= 4 is 17.6 Å². The molecule has 0 aliphatic rings. The van der Waals surface area contributed by atoms with E-state index in [0.717, 1.165) is 18.8 Å². The lowest BCUT2D eigenvalue weighted by atomic mass is 10.1. The second-order valence-corrected chi connectivity index (χ2v) is 4.22. The minimum Gasteiger partial charge on any atom is -0.368 e. The van der Waals surface area contributed by atoms with Crippen LogP contribution in [0.15, 0.2) is 6.07 Å². The predicted octanol–water partition coefficient (Wildman–Crippen LogP) is 0.827. The van der Waals surface area contributed by atoms with Crippen molar-refractivity contribution < 1.29 is 0 Å². The van der Waals surface area contributed by atoms with Gasteiger partial charge in [0.25, 0.3) is 0 Å². The number of hydrogen-bond donors (Lipinski definition) is 3. The first kappa shape index (κ1) is 12.5. The zero-order valence-corrected chi connectivity index (χ0v) is 10.1. The van der Waals surface area contributed by atoms with Crippen LogP contribution in [-0.4, -0.2) is 23.6 Å². The van der Waals surface area contributed by atoms with Crippen molar-refractivity contribution in [3.05, 3.63) is 6.07 Å². The van der Waals surface area contributed by atoms with Crippen molar-refractivity contribution in [2.75, 3.05) is 29.7 Å². The van der Waals surface area contributed by atoms with Crippen molar-refractivity contribution in [3.63, 3.8) is 0 Å². The molecule has 0 aliphatic heterocycles. The Kier molecular flexibility index (Phi) is 4.30. The summed E-state index contributed by atoms with van der Waals surface area (Å²) in [6.45, 7) is 5.31. The standard InChI is InChI=1S/C10H20N6/c1-7(2)4-5-16(3)9-6-8(15-12)13-10(11)14-9/h6-7H,4-5,12H2,1-3H3,(H3,11,13,14,15). The van der Waals surface area contributed by atoms with Gasteiger partial charge in [-0.15, -0.1) is 0 Å². The molecule has 0 saturated carbocycles. The maximum absolute atomic E-state index is 5.58. The van der Waals surface area contributed by atoms with Crippen molar-refractivity contribution in [3.8, 4) is 0 Å². The van der Waals surface area contributed by atoms with Gasteiger partial charge in [-0.05, 0) is 12.3 Å². The molecule has 0 atom stereocenters. The molecule has 1 aromatic rings. The number of nitrogens with one attached hydrogen (secondary N) is 1. The molecular weight excluding hydrogens is 204 g/mol. The SMILES string of the molecule is CC(C)CCN(C)c1cc(NN)nc(N)n1. The Hall–Kier alpha value is -1.56. The molecular formula is C10H20N6. The lowest BCUT2D eigenvalue weighted by Crippen LogP contribution is -2.22. The van der Waals surface area contributed by atoms with Crippen LogP contribution < -0.4 is 21.9 Å².